The number of hydrogen-bond acceptors (Lipinski definition) is 2. The molecule has 0 aliphatic carbocycles. The molecule has 0 radical (unpaired) electrons. The molecule has 2 heterocycles. The highest BCUT2D eigenvalue weighted by Gasteiger charge is 2.25. The minimum atomic E-state index is 0.324. The van der Waals surface area contributed by atoms with Gasteiger partial charge < -0.3 is 10.1 Å². The molecule has 2 rings (SSSR count). The summed E-state index contributed by atoms with van der Waals surface area (Å²) >= 11 is 3.40. The van der Waals surface area contributed by atoms with Crippen LogP contribution in [0.4, 0.5) is 0 Å². The molecule has 4 heteroatoms. The lowest BCUT2D eigenvalue weighted by atomic mass is 10.0. The largest absolute Gasteiger partial charge is 0.396 e. The molecule has 0 spiro atoms. The molecule has 0 unspecified atom stereocenters. The van der Waals surface area contributed by atoms with Crippen LogP contribution in [0.1, 0.15) is 5.69 Å². The van der Waals surface area contributed by atoms with Gasteiger partial charge in [0.25, 0.3) is 0 Å². The maximum absolute atomic E-state index is 8.83. The molecule has 1 aromatic heterocycles. The number of likely N-dealkylation sites (tertiary alicyclic amines) is 1. The first-order valence-electron chi connectivity index (χ1n) is 4.44. The second-order valence-electron chi connectivity index (χ2n) is 3.59. The van der Waals surface area contributed by atoms with Crippen molar-refractivity contribution >= 4 is 15.9 Å². The number of aliphatic hydroxyl groups excluding tert-OH is 1. The molecule has 3 nitrogen and oxygen atoms in total. The number of nitrogens with zero attached hydrogens (tertiary/aromatic N) is 1. The SMILES string of the molecule is OCC1CN(Cc2cc(Br)c[nH]2)C1. The van der Waals surface area contributed by atoms with Crippen LogP contribution < -0.4 is 0 Å². The summed E-state index contributed by atoms with van der Waals surface area (Å²) in [5, 5.41) is 8.83. The van der Waals surface area contributed by atoms with Crippen LogP contribution in [0.25, 0.3) is 0 Å². The van der Waals surface area contributed by atoms with Gasteiger partial charge in [-0.15, -0.1) is 0 Å². The van der Waals surface area contributed by atoms with E-state index in [1.807, 2.05) is 6.20 Å². The van der Waals surface area contributed by atoms with Gasteiger partial charge in [0.15, 0.2) is 0 Å². The van der Waals surface area contributed by atoms with Gasteiger partial charge in [-0.1, -0.05) is 0 Å². The Morgan fingerprint density at radius 1 is 1.62 bits per heavy atom. The molecule has 2 N–H and O–H groups in total. The van der Waals surface area contributed by atoms with Gasteiger partial charge in [0.05, 0.1) is 0 Å². The normalized spacial score (nSPS) is 18.9. The number of halogens is 1. The minimum absolute atomic E-state index is 0.324. The zero-order valence-electron chi connectivity index (χ0n) is 7.33. The van der Waals surface area contributed by atoms with Crippen molar-refractivity contribution in [1.29, 1.82) is 0 Å². The summed E-state index contributed by atoms with van der Waals surface area (Å²) in [7, 11) is 0. The van der Waals surface area contributed by atoms with Crippen molar-refractivity contribution < 1.29 is 5.11 Å². The Morgan fingerprint density at radius 3 is 2.92 bits per heavy atom. The number of aliphatic hydroxyl groups is 1. The predicted octanol–water partition coefficient (Wildman–Crippen LogP) is 1.20. The number of aromatic nitrogens is 1. The van der Waals surface area contributed by atoms with Crippen LogP contribution >= 0.6 is 15.9 Å². The molecule has 1 saturated heterocycles. The highest BCUT2D eigenvalue weighted by molar-refractivity contribution is 9.10. The van der Waals surface area contributed by atoms with E-state index in [1.54, 1.807) is 0 Å². The standard InChI is InChI=1S/C9H13BrN2O/c10-8-1-9(11-2-8)5-12-3-7(4-12)6-13/h1-2,7,11,13H,3-6H2. The minimum Gasteiger partial charge on any atom is -0.396 e. The molecule has 1 aliphatic heterocycles. The van der Waals surface area contributed by atoms with E-state index in [4.69, 9.17) is 5.11 Å². The first-order chi connectivity index (χ1) is 6.28. The molecular formula is C9H13BrN2O. The summed E-state index contributed by atoms with van der Waals surface area (Å²) in [5.74, 6) is 0.499. The van der Waals surface area contributed by atoms with Gasteiger partial charge in [0.1, 0.15) is 0 Å². The van der Waals surface area contributed by atoms with Gasteiger partial charge in [-0.3, -0.25) is 4.90 Å². The summed E-state index contributed by atoms with van der Waals surface area (Å²) in [6, 6.07) is 2.09. The topological polar surface area (TPSA) is 39.3 Å². The molecule has 1 aliphatic rings. The number of nitrogens with one attached hydrogen (secondary N) is 1. The number of hydrogen-bond donors (Lipinski definition) is 2. The molecule has 1 aromatic rings. The Bertz CT molecular complexity index is 281. The Kier molecular flexibility index (Phi) is 2.71. The van der Waals surface area contributed by atoms with Crippen LogP contribution in [0, 0.1) is 5.92 Å². The van der Waals surface area contributed by atoms with E-state index < -0.39 is 0 Å². The summed E-state index contributed by atoms with van der Waals surface area (Å²) < 4.78 is 1.10. The number of rotatable bonds is 3. The molecule has 0 bridgehead atoms. The average molecular weight is 245 g/mol. The second kappa shape index (κ2) is 3.82. The fraction of sp³-hybridized carbons (Fsp3) is 0.556. The van der Waals surface area contributed by atoms with E-state index in [0.717, 1.165) is 24.1 Å². The van der Waals surface area contributed by atoms with Crippen LogP contribution in [0.3, 0.4) is 0 Å². The summed E-state index contributed by atoms with van der Waals surface area (Å²) in [5.41, 5.74) is 1.23. The van der Waals surface area contributed by atoms with Crippen LogP contribution in [0.2, 0.25) is 0 Å². The van der Waals surface area contributed by atoms with E-state index in [1.165, 1.54) is 5.69 Å². The van der Waals surface area contributed by atoms with Gasteiger partial charge in [-0.2, -0.15) is 0 Å². The highest BCUT2D eigenvalue weighted by atomic mass is 79.9. The van der Waals surface area contributed by atoms with Crippen molar-refractivity contribution in [2.45, 2.75) is 6.54 Å². The van der Waals surface area contributed by atoms with Gasteiger partial charge in [0, 0.05) is 48.5 Å². The van der Waals surface area contributed by atoms with Crippen molar-refractivity contribution in [2.24, 2.45) is 5.92 Å². The molecule has 0 atom stereocenters. The third-order valence-corrected chi connectivity index (χ3v) is 2.85. The Balaban J connectivity index is 1.81. The van der Waals surface area contributed by atoms with Crippen molar-refractivity contribution in [1.82, 2.24) is 9.88 Å². The number of H-pyrrole nitrogens is 1. The molecule has 13 heavy (non-hydrogen) atoms. The summed E-state index contributed by atoms with van der Waals surface area (Å²) in [6.07, 6.45) is 1.94. The molecular weight excluding hydrogens is 232 g/mol. The fourth-order valence-electron chi connectivity index (χ4n) is 1.67. The van der Waals surface area contributed by atoms with Crippen molar-refractivity contribution in [2.75, 3.05) is 19.7 Å². The molecule has 72 valence electrons. The highest BCUT2D eigenvalue weighted by Crippen LogP contribution is 2.19. The van der Waals surface area contributed by atoms with Gasteiger partial charge in [-0.05, 0) is 22.0 Å². The Morgan fingerprint density at radius 2 is 2.38 bits per heavy atom. The van der Waals surface area contributed by atoms with Crippen LogP contribution in [-0.2, 0) is 6.54 Å². The van der Waals surface area contributed by atoms with Gasteiger partial charge >= 0.3 is 0 Å². The van der Waals surface area contributed by atoms with E-state index in [-0.39, 0.29) is 0 Å². The lowest BCUT2D eigenvalue weighted by Crippen LogP contribution is -2.47. The predicted molar refractivity (Wildman–Crippen MR) is 54.3 cm³/mol. The van der Waals surface area contributed by atoms with Crippen molar-refractivity contribution in [3.8, 4) is 0 Å². The zero-order chi connectivity index (χ0) is 9.26. The number of aromatic amines is 1. The van der Waals surface area contributed by atoms with Gasteiger partial charge in [0.2, 0.25) is 0 Å². The van der Waals surface area contributed by atoms with Gasteiger partial charge in [-0.25, -0.2) is 0 Å². The molecule has 0 aromatic carbocycles. The molecule has 0 saturated carbocycles. The summed E-state index contributed by atoms with van der Waals surface area (Å²) in [6.45, 7) is 3.33. The van der Waals surface area contributed by atoms with Crippen molar-refractivity contribution in [3.05, 3.63) is 22.4 Å². The first-order valence-corrected chi connectivity index (χ1v) is 5.23. The first kappa shape index (κ1) is 9.24. The second-order valence-corrected chi connectivity index (χ2v) is 4.50. The Labute approximate surface area is 85.9 Å². The van der Waals surface area contributed by atoms with E-state index in [9.17, 15) is 0 Å². The van der Waals surface area contributed by atoms with E-state index in [2.05, 4.69) is 31.9 Å². The lowest BCUT2D eigenvalue weighted by Gasteiger charge is -2.37. The van der Waals surface area contributed by atoms with Crippen LogP contribution in [-0.4, -0.2) is 34.7 Å². The quantitative estimate of drug-likeness (QED) is 0.839. The van der Waals surface area contributed by atoms with Crippen LogP contribution in [0.5, 0.6) is 0 Å². The lowest BCUT2D eigenvalue weighted by molar-refractivity contribution is 0.0471. The zero-order valence-corrected chi connectivity index (χ0v) is 8.92. The summed E-state index contributed by atoms with van der Waals surface area (Å²) in [4.78, 5) is 5.50. The smallest absolute Gasteiger partial charge is 0.0483 e. The maximum Gasteiger partial charge on any atom is 0.0483 e. The van der Waals surface area contributed by atoms with Crippen LogP contribution in [0.15, 0.2) is 16.7 Å². The third kappa shape index (κ3) is 2.13. The van der Waals surface area contributed by atoms with E-state index in [0.29, 0.717) is 12.5 Å². The average Bonchev–Trinajstić information content (AvgIpc) is 2.43. The molecule has 0 amide bonds. The monoisotopic (exact) mass is 244 g/mol. The fourth-order valence-corrected chi connectivity index (χ4v) is 2.06. The Hall–Kier alpha value is -0.320. The third-order valence-electron chi connectivity index (χ3n) is 2.39. The molecule has 1 fully saturated rings. The van der Waals surface area contributed by atoms with E-state index >= 15 is 0 Å². The van der Waals surface area contributed by atoms with Crippen molar-refractivity contribution in [3.63, 3.8) is 0 Å². The maximum atomic E-state index is 8.83.